The lowest BCUT2D eigenvalue weighted by molar-refractivity contribution is -0.307. The van der Waals surface area contributed by atoms with Gasteiger partial charge in [0.25, 0.3) is 0 Å². The Balaban J connectivity index is 2.14. The van der Waals surface area contributed by atoms with Crippen molar-refractivity contribution in [3.8, 4) is 0 Å². The molecule has 0 aromatic rings. The first-order chi connectivity index (χ1) is 7.89. The summed E-state index contributed by atoms with van der Waals surface area (Å²) in [7, 11) is 0. The highest BCUT2D eigenvalue weighted by Crippen LogP contribution is 2.71. The van der Waals surface area contributed by atoms with E-state index in [0.29, 0.717) is 17.8 Å². The first kappa shape index (κ1) is 12.0. The summed E-state index contributed by atoms with van der Waals surface area (Å²) >= 11 is 0. The largest absolute Gasteiger partial charge is 0.396 e. The van der Waals surface area contributed by atoms with Crippen molar-refractivity contribution < 1.29 is 10.2 Å². The van der Waals surface area contributed by atoms with Crippen molar-refractivity contribution in [3.05, 3.63) is 0 Å². The Bertz CT molecular complexity index is 338. The fraction of sp³-hybridized carbons (Fsp3) is 1.00. The van der Waals surface area contributed by atoms with Crippen LogP contribution in [0.4, 0.5) is 0 Å². The maximum absolute atomic E-state index is 11.3. The summed E-state index contributed by atoms with van der Waals surface area (Å²) in [6.07, 6.45) is 5.45. The number of fused-ring (bicyclic) bond motifs is 1. The summed E-state index contributed by atoms with van der Waals surface area (Å²) in [6, 6.07) is 0. The van der Waals surface area contributed by atoms with Crippen LogP contribution in [0.5, 0.6) is 0 Å². The average Bonchev–Trinajstić information content (AvgIpc) is 2.31. The van der Waals surface area contributed by atoms with Crippen molar-refractivity contribution in [2.24, 2.45) is 28.6 Å². The van der Waals surface area contributed by atoms with Crippen LogP contribution in [0.15, 0.2) is 0 Å². The quantitative estimate of drug-likeness (QED) is 0.737. The van der Waals surface area contributed by atoms with Gasteiger partial charge in [0.2, 0.25) is 0 Å². The molecule has 4 saturated carbocycles. The monoisotopic (exact) mass is 238 g/mol. The van der Waals surface area contributed by atoms with Gasteiger partial charge in [-0.1, -0.05) is 20.8 Å². The molecule has 0 spiro atoms. The van der Waals surface area contributed by atoms with E-state index in [9.17, 15) is 10.2 Å². The second-order valence-electron chi connectivity index (χ2n) is 7.49. The molecule has 2 N–H and O–H groups in total. The van der Waals surface area contributed by atoms with Crippen molar-refractivity contribution in [1.29, 1.82) is 0 Å². The van der Waals surface area contributed by atoms with E-state index in [-0.39, 0.29) is 17.4 Å². The molecule has 0 heterocycles. The lowest BCUT2D eigenvalue weighted by Gasteiger charge is -2.72. The molecule has 4 rings (SSSR count). The molecule has 4 bridgehead atoms. The van der Waals surface area contributed by atoms with Crippen LogP contribution in [0.1, 0.15) is 52.9 Å². The zero-order chi connectivity index (χ0) is 12.5. The Kier molecular flexibility index (Phi) is 2.30. The van der Waals surface area contributed by atoms with E-state index in [1.807, 2.05) is 0 Å². The van der Waals surface area contributed by atoms with E-state index >= 15 is 0 Å². The standard InChI is InChI=1S/C15H26O2/c1-10-4-7-15(17)13(2,3)11-5-6-14(15,9-16)12(10)8-11/h10-12,16-17H,4-9H2,1-3H3/t10-,11+,12-,14+,15+/m0/s1. The second-order valence-corrected chi connectivity index (χ2v) is 7.49. The summed E-state index contributed by atoms with van der Waals surface area (Å²) in [5, 5.41) is 21.4. The van der Waals surface area contributed by atoms with E-state index in [4.69, 9.17) is 0 Å². The van der Waals surface area contributed by atoms with Gasteiger partial charge < -0.3 is 10.2 Å². The number of hydrogen-bond acceptors (Lipinski definition) is 2. The van der Waals surface area contributed by atoms with Gasteiger partial charge in [-0.25, -0.2) is 0 Å². The van der Waals surface area contributed by atoms with Gasteiger partial charge in [0.15, 0.2) is 0 Å². The summed E-state index contributed by atoms with van der Waals surface area (Å²) < 4.78 is 0. The molecule has 0 radical (unpaired) electrons. The molecule has 0 aliphatic heterocycles. The Morgan fingerprint density at radius 2 is 1.88 bits per heavy atom. The topological polar surface area (TPSA) is 40.5 Å². The third-order valence-electron chi connectivity index (χ3n) is 7.03. The van der Waals surface area contributed by atoms with Crippen LogP contribution in [-0.4, -0.2) is 22.4 Å². The maximum atomic E-state index is 11.3. The molecule has 4 aliphatic carbocycles. The Morgan fingerprint density at radius 1 is 1.18 bits per heavy atom. The smallest absolute Gasteiger partial charge is 0.0781 e. The number of rotatable bonds is 1. The van der Waals surface area contributed by atoms with Crippen LogP contribution in [0.25, 0.3) is 0 Å². The molecule has 2 heteroatoms. The van der Waals surface area contributed by atoms with Crippen LogP contribution in [-0.2, 0) is 0 Å². The number of aliphatic hydroxyl groups is 2. The van der Waals surface area contributed by atoms with E-state index in [0.717, 1.165) is 19.3 Å². The van der Waals surface area contributed by atoms with E-state index in [1.54, 1.807) is 0 Å². The normalized spacial score (nSPS) is 55.9. The Hall–Kier alpha value is -0.0800. The minimum absolute atomic E-state index is 0.0232. The first-order valence-electron chi connectivity index (χ1n) is 7.22. The zero-order valence-corrected chi connectivity index (χ0v) is 11.4. The van der Waals surface area contributed by atoms with Crippen LogP contribution in [0.3, 0.4) is 0 Å². The Morgan fingerprint density at radius 3 is 2.53 bits per heavy atom. The van der Waals surface area contributed by atoms with Crippen molar-refractivity contribution in [2.45, 2.75) is 58.5 Å². The van der Waals surface area contributed by atoms with Crippen LogP contribution < -0.4 is 0 Å². The van der Waals surface area contributed by atoms with Gasteiger partial charge in [-0.3, -0.25) is 0 Å². The molecule has 98 valence electrons. The first-order valence-corrected chi connectivity index (χ1v) is 7.22. The van der Waals surface area contributed by atoms with Crippen molar-refractivity contribution in [3.63, 3.8) is 0 Å². The predicted octanol–water partition coefficient (Wildman–Crippen LogP) is 2.58. The minimum atomic E-state index is -0.632. The van der Waals surface area contributed by atoms with Gasteiger partial charge >= 0.3 is 0 Å². The molecular weight excluding hydrogens is 212 g/mol. The molecule has 2 nitrogen and oxygen atoms in total. The van der Waals surface area contributed by atoms with Crippen molar-refractivity contribution in [2.75, 3.05) is 6.61 Å². The van der Waals surface area contributed by atoms with Gasteiger partial charge in [-0.15, -0.1) is 0 Å². The number of hydrogen-bond donors (Lipinski definition) is 2. The summed E-state index contributed by atoms with van der Waals surface area (Å²) in [4.78, 5) is 0. The van der Waals surface area contributed by atoms with Gasteiger partial charge in [0.05, 0.1) is 12.2 Å². The molecule has 0 aromatic carbocycles. The van der Waals surface area contributed by atoms with Crippen LogP contribution in [0.2, 0.25) is 0 Å². The molecule has 17 heavy (non-hydrogen) atoms. The lowest BCUT2D eigenvalue weighted by atomic mass is 9.35. The molecule has 0 amide bonds. The predicted molar refractivity (Wildman–Crippen MR) is 67.5 cm³/mol. The van der Waals surface area contributed by atoms with Crippen LogP contribution >= 0.6 is 0 Å². The molecule has 4 fully saturated rings. The van der Waals surface area contributed by atoms with Gasteiger partial charge in [0.1, 0.15) is 0 Å². The van der Waals surface area contributed by atoms with E-state index < -0.39 is 5.60 Å². The highest BCUT2D eigenvalue weighted by molar-refractivity contribution is 5.20. The van der Waals surface area contributed by atoms with Crippen molar-refractivity contribution >= 4 is 0 Å². The van der Waals surface area contributed by atoms with Gasteiger partial charge in [-0.05, 0) is 55.3 Å². The highest BCUT2D eigenvalue weighted by Gasteiger charge is 2.71. The maximum Gasteiger partial charge on any atom is 0.0781 e. The fourth-order valence-electron chi connectivity index (χ4n) is 5.73. The average molecular weight is 238 g/mol. The Labute approximate surface area is 104 Å². The van der Waals surface area contributed by atoms with E-state index in [1.165, 1.54) is 12.8 Å². The summed E-state index contributed by atoms with van der Waals surface area (Å²) in [6.45, 7) is 6.95. The van der Waals surface area contributed by atoms with Gasteiger partial charge in [0, 0.05) is 5.41 Å². The van der Waals surface area contributed by atoms with Crippen LogP contribution in [0, 0.1) is 28.6 Å². The lowest BCUT2D eigenvalue weighted by Crippen LogP contribution is -2.73. The minimum Gasteiger partial charge on any atom is -0.396 e. The molecule has 4 aliphatic rings. The summed E-state index contributed by atoms with van der Waals surface area (Å²) in [5.41, 5.74) is -0.860. The fourth-order valence-corrected chi connectivity index (χ4v) is 5.73. The zero-order valence-electron chi connectivity index (χ0n) is 11.4. The van der Waals surface area contributed by atoms with Crippen molar-refractivity contribution in [1.82, 2.24) is 0 Å². The SMILES string of the molecule is C[C@H]1CC[C@@]2(O)C(C)(C)[C@@H]3CC[C@@]2(CO)[C@H]1C3. The third kappa shape index (κ3) is 1.10. The highest BCUT2D eigenvalue weighted by atomic mass is 16.3. The molecular formula is C15H26O2. The van der Waals surface area contributed by atoms with E-state index in [2.05, 4.69) is 20.8 Å². The third-order valence-corrected chi connectivity index (χ3v) is 7.03. The molecule has 0 unspecified atom stereocenters. The molecule has 0 aromatic heterocycles. The van der Waals surface area contributed by atoms with Gasteiger partial charge in [-0.2, -0.15) is 0 Å². The summed E-state index contributed by atoms with van der Waals surface area (Å²) in [5.74, 6) is 1.85. The second kappa shape index (κ2) is 3.27. The molecule has 5 atom stereocenters. The molecule has 0 saturated heterocycles. The number of aliphatic hydroxyl groups excluding tert-OH is 1.